The Bertz CT molecular complexity index is 460. The van der Waals surface area contributed by atoms with Gasteiger partial charge in [-0.15, -0.1) is 0 Å². The number of benzene rings is 1. The molecule has 0 amide bonds. The summed E-state index contributed by atoms with van der Waals surface area (Å²) in [5, 5.41) is 0. The van der Waals surface area contributed by atoms with Crippen molar-refractivity contribution in [1.82, 2.24) is 0 Å². The molecule has 96 valence electrons. The predicted octanol–water partition coefficient (Wildman–Crippen LogP) is 3.92. The average Bonchev–Trinajstić information content (AvgIpc) is 2.40. The molecule has 0 spiro atoms. The molecule has 1 aromatic carbocycles. The first-order valence-electron chi connectivity index (χ1n) is 6.26. The Morgan fingerprint density at radius 2 is 1.78 bits per heavy atom. The smallest absolute Gasteiger partial charge is 0.159 e. The summed E-state index contributed by atoms with van der Waals surface area (Å²) in [6, 6.07) is 4.05. The van der Waals surface area contributed by atoms with Crippen molar-refractivity contribution < 1.29 is 13.6 Å². The van der Waals surface area contributed by atoms with E-state index in [1.165, 1.54) is 12.1 Å². The van der Waals surface area contributed by atoms with Gasteiger partial charge < -0.3 is 0 Å². The van der Waals surface area contributed by atoms with E-state index in [2.05, 4.69) is 0 Å². The lowest BCUT2D eigenvalue weighted by Gasteiger charge is -2.35. The Morgan fingerprint density at radius 1 is 1.06 bits per heavy atom. The number of hydrogen-bond donors (Lipinski definition) is 0. The van der Waals surface area contributed by atoms with E-state index >= 15 is 0 Å². The van der Waals surface area contributed by atoms with Crippen LogP contribution in [0.5, 0.6) is 0 Å². The van der Waals surface area contributed by atoms with Crippen LogP contribution in [0.25, 0.3) is 0 Å². The van der Waals surface area contributed by atoms with Crippen molar-refractivity contribution in [2.75, 3.05) is 0 Å². The summed E-state index contributed by atoms with van der Waals surface area (Å²) in [5.74, 6) is -1.65. The van der Waals surface area contributed by atoms with Crippen molar-refractivity contribution in [3.05, 3.63) is 47.5 Å². The third-order valence-corrected chi connectivity index (χ3v) is 3.73. The molecule has 0 heterocycles. The molecule has 1 aliphatic rings. The van der Waals surface area contributed by atoms with Gasteiger partial charge in [0.15, 0.2) is 11.6 Å². The van der Waals surface area contributed by atoms with Crippen molar-refractivity contribution in [2.45, 2.75) is 37.5 Å². The first-order valence-corrected chi connectivity index (χ1v) is 6.26. The van der Waals surface area contributed by atoms with Gasteiger partial charge in [0.25, 0.3) is 0 Å². The lowest BCUT2D eigenvalue weighted by molar-refractivity contribution is -0.104. The van der Waals surface area contributed by atoms with Crippen LogP contribution in [0.15, 0.2) is 30.4 Å². The summed E-state index contributed by atoms with van der Waals surface area (Å²) in [5.41, 5.74) is 0.451. The maximum absolute atomic E-state index is 13.4. The minimum absolute atomic E-state index is 0.312. The highest BCUT2D eigenvalue weighted by atomic mass is 19.2. The van der Waals surface area contributed by atoms with Crippen molar-refractivity contribution >= 4 is 6.29 Å². The van der Waals surface area contributed by atoms with Gasteiger partial charge in [-0.2, -0.15) is 0 Å². The molecule has 18 heavy (non-hydrogen) atoms. The summed E-state index contributed by atoms with van der Waals surface area (Å²) >= 11 is 0. The normalized spacial score (nSPS) is 19.0. The van der Waals surface area contributed by atoms with E-state index in [-0.39, 0.29) is 5.41 Å². The van der Waals surface area contributed by atoms with E-state index in [1.807, 2.05) is 6.08 Å². The highest BCUT2D eigenvalue weighted by Gasteiger charge is 2.31. The Hall–Kier alpha value is -1.51. The second kappa shape index (κ2) is 5.42. The number of allylic oxidation sites excluding steroid dienone is 2. The Kier molecular flexibility index (Phi) is 3.90. The molecule has 3 heteroatoms. The van der Waals surface area contributed by atoms with E-state index in [1.54, 1.807) is 6.07 Å². The van der Waals surface area contributed by atoms with Crippen LogP contribution < -0.4 is 0 Å². The maximum atomic E-state index is 13.4. The van der Waals surface area contributed by atoms with Gasteiger partial charge in [-0.05, 0) is 36.6 Å². The summed E-state index contributed by atoms with van der Waals surface area (Å²) in [6.07, 6.45) is 9.03. The molecule has 2 rings (SSSR count). The summed E-state index contributed by atoms with van der Waals surface area (Å²) in [7, 11) is 0. The third kappa shape index (κ3) is 2.50. The minimum Gasteiger partial charge on any atom is -0.299 e. The molecular formula is C15H16F2O. The molecule has 0 N–H and O–H groups in total. The molecular weight excluding hydrogens is 234 g/mol. The molecule has 1 saturated carbocycles. The summed E-state index contributed by atoms with van der Waals surface area (Å²) in [4.78, 5) is 10.5. The highest BCUT2D eigenvalue weighted by Crippen LogP contribution is 2.41. The number of aldehydes is 1. The predicted molar refractivity (Wildman–Crippen MR) is 66.3 cm³/mol. The molecule has 0 radical (unpaired) electrons. The van der Waals surface area contributed by atoms with E-state index in [9.17, 15) is 13.6 Å². The van der Waals surface area contributed by atoms with Gasteiger partial charge in [-0.25, -0.2) is 8.78 Å². The number of hydrogen-bond acceptors (Lipinski definition) is 1. The molecule has 0 aliphatic heterocycles. The largest absolute Gasteiger partial charge is 0.299 e. The maximum Gasteiger partial charge on any atom is 0.159 e. The monoisotopic (exact) mass is 250 g/mol. The van der Waals surface area contributed by atoms with Crippen LogP contribution in [0.3, 0.4) is 0 Å². The van der Waals surface area contributed by atoms with Gasteiger partial charge in [-0.1, -0.05) is 31.4 Å². The van der Waals surface area contributed by atoms with Gasteiger partial charge in [-0.3, -0.25) is 4.79 Å². The molecule has 0 aromatic heterocycles. The van der Waals surface area contributed by atoms with Crippen LogP contribution in [0.4, 0.5) is 8.78 Å². The molecule has 1 fully saturated rings. The zero-order valence-electron chi connectivity index (χ0n) is 10.2. The summed E-state index contributed by atoms with van der Waals surface area (Å²) < 4.78 is 26.4. The lowest BCUT2D eigenvalue weighted by atomic mass is 9.69. The Morgan fingerprint density at radius 3 is 2.39 bits per heavy atom. The zero-order chi connectivity index (χ0) is 13.0. The first kappa shape index (κ1) is 12.9. The van der Waals surface area contributed by atoms with Crippen molar-refractivity contribution in [3.8, 4) is 0 Å². The van der Waals surface area contributed by atoms with Crippen LogP contribution in [0.2, 0.25) is 0 Å². The molecule has 1 aromatic rings. The second-order valence-corrected chi connectivity index (χ2v) is 4.84. The molecule has 0 saturated heterocycles. The quantitative estimate of drug-likeness (QED) is 0.587. The average molecular weight is 250 g/mol. The molecule has 0 atom stereocenters. The van der Waals surface area contributed by atoms with Gasteiger partial charge in [0.2, 0.25) is 0 Å². The molecule has 1 aliphatic carbocycles. The van der Waals surface area contributed by atoms with Gasteiger partial charge in [0.1, 0.15) is 6.29 Å². The number of carbonyl (C=O) groups is 1. The van der Waals surface area contributed by atoms with Crippen molar-refractivity contribution in [2.24, 2.45) is 0 Å². The van der Waals surface area contributed by atoms with Crippen LogP contribution in [0.1, 0.15) is 37.7 Å². The number of halogens is 2. The minimum atomic E-state index is -0.830. The third-order valence-electron chi connectivity index (χ3n) is 3.73. The SMILES string of the molecule is O=C/C=C/C1(c2ccc(F)c(F)c2)CCCCC1. The number of carbonyl (C=O) groups excluding carboxylic acids is 1. The Labute approximate surface area is 106 Å². The summed E-state index contributed by atoms with van der Waals surface area (Å²) in [6.45, 7) is 0. The molecule has 0 unspecified atom stereocenters. The van der Waals surface area contributed by atoms with Gasteiger partial charge >= 0.3 is 0 Å². The van der Waals surface area contributed by atoms with Crippen LogP contribution >= 0.6 is 0 Å². The number of rotatable bonds is 3. The highest BCUT2D eigenvalue weighted by molar-refractivity contribution is 5.65. The fourth-order valence-corrected chi connectivity index (χ4v) is 2.76. The van der Waals surface area contributed by atoms with E-state index < -0.39 is 11.6 Å². The fraction of sp³-hybridized carbons (Fsp3) is 0.400. The van der Waals surface area contributed by atoms with Crippen LogP contribution in [-0.2, 0) is 10.2 Å². The van der Waals surface area contributed by atoms with E-state index in [0.717, 1.165) is 50.0 Å². The molecule has 1 nitrogen and oxygen atoms in total. The molecule has 0 bridgehead atoms. The van der Waals surface area contributed by atoms with E-state index in [0.29, 0.717) is 0 Å². The van der Waals surface area contributed by atoms with Crippen molar-refractivity contribution in [3.63, 3.8) is 0 Å². The lowest BCUT2D eigenvalue weighted by Crippen LogP contribution is -2.27. The fourth-order valence-electron chi connectivity index (χ4n) is 2.76. The van der Waals surface area contributed by atoms with Crippen LogP contribution in [0, 0.1) is 11.6 Å². The Balaban J connectivity index is 2.41. The van der Waals surface area contributed by atoms with Crippen LogP contribution in [-0.4, -0.2) is 6.29 Å². The van der Waals surface area contributed by atoms with Gasteiger partial charge in [0, 0.05) is 5.41 Å². The standard InChI is InChI=1S/C15H16F2O/c16-13-6-5-12(11-14(13)17)15(9-4-10-18)7-2-1-3-8-15/h4-6,9-11H,1-3,7-8H2/b9-4+. The van der Waals surface area contributed by atoms with Gasteiger partial charge in [0.05, 0.1) is 0 Å². The van der Waals surface area contributed by atoms with Crippen molar-refractivity contribution in [1.29, 1.82) is 0 Å². The van der Waals surface area contributed by atoms with E-state index in [4.69, 9.17) is 0 Å². The topological polar surface area (TPSA) is 17.1 Å². The second-order valence-electron chi connectivity index (χ2n) is 4.84. The first-order chi connectivity index (χ1) is 8.68. The zero-order valence-corrected chi connectivity index (χ0v) is 10.2.